The van der Waals surface area contributed by atoms with Crippen molar-refractivity contribution in [3.8, 4) is 0 Å². The summed E-state index contributed by atoms with van der Waals surface area (Å²) in [6, 6.07) is 5.35. The molecule has 1 aromatic carbocycles. The van der Waals surface area contributed by atoms with Crippen molar-refractivity contribution in [3.05, 3.63) is 23.8 Å². The molecule has 0 spiro atoms. The molecule has 1 atom stereocenters. The molecule has 0 bridgehead atoms. The zero-order valence-corrected chi connectivity index (χ0v) is 11.9. The summed E-state index contributed by atoms with van der Waals surface area (Å²) < 4.78 is 5.55. The molecule has 1 aliphatic rings. The first-order chi connectivity index (χ1) is 9.70. The van der Waals surface area contributed by atoms with Crippen molar-refractivity contribution in [2.24, 2.45) is 0 Å². The van der Waals surface area contributed by atoms with Crippen LogP contribution in [0.3, 0.4) is 0 Å². The molecular weight excluding hydrogens is 254 g/mol. The van der Waals surface area contributed by atoms with Gasteiger partial charge in [-0.2, -0.15) is 0 Å². The maximum Gasteiger partial charge on any atom is 0.251 e. The largest absolute Gasteiger partial charge is 0.397 e. The van der Waals surface area contributed by atoms with Crippen molar-refractivity contribution >= 4 is 17.3 Å². The Labute approximate surface area is 119 Å². The second-order valence-corrected chi connectivity index (χ2v) is 5.07. The zero-order chi connectivity index (χ0) is 14.4. The van der Waals surface area contributed by atoms with E-state index in [1.165, 1.54) is 0 Å². The van der Waals surface area contributed by atoms with Crippen LogP contribution in [0.4, 0.5) is 11.4 Å². The van der Waals surface area contributed by atoms with E-state index in [1.807, 2.05) is 13.0 Å². The molecule has 1 heterocycles. The lowest BCUT2D eigenvalue weighted by Gasteiger charge is -2.14. The molecule has 1 fully saturated rings. The Kier molecular flexibility index (Phi) is 5.24. The van der Waals surface area contributed by atoms with Crippen LogP contribution in [-0.2, 0) is 4.74 Å². The molecule has 1 aromatic rings. The topological polar surface area (TPSA) is 76.4 Å². The highest BCUT2D eigenvalue weighted by molar-refractivity contribution is 5.96. The quantitative estimate of drug-likeness (QED) is 0.695. The Morgan fingerprint density at radius 1 is 1.50 bits per heavy atom. The first-order valence-electron chi connectivity index (χ1n) is 7.24. The molecule has 4 N–H and O–H groups in total. The van der Waals surface area contributed by atoms with Gasteiger partial charge < -0.3 is 21.1 Å². The summed E-state index contributed by atoms with van der Waals surface area (Å²) in [5.41, 5.74) is 8.03. The summed E-state index contributed by atoms with van der Waals surface area (Å²) in [5, 5.41) is 6.12. The molecule has 20 heavy (non-hydrogen) atoms. The van der Waals surface area contributed by atoms with E-state index in [0.717, 1.165) is 38.1 Å². The van der Waals surface area contributed by atoms with Gasteiger partial charge >= 0.3 is 0 Å². The molecule has 1 amide bonds. The van der Waals surface area contributed by atoms with Crippen molar-refractivity contribution < 1.29 is 9.53 Å². The van der Waals surface area contributed by atoms with Crippen LogP contribution in [0, 0.1) is 0 Å². The lowest BCUT2D eigenvalue weighted by Crippen LogP contribution is -2.24. The van der Waals surface area contributed by atoms with Crippen LogP contribution in [0.2, 0.25) is 0 Å². The van der Waals surface area contributed by atoms with Crippen LogP contribution in [-0.4, -0.2) is 31.7 Å². The van der Waals surface area contributed by atoms with Gasteiger partial charge in [-0.15, -0.1) is 0 Å². The summed E-state index contributed by atoms with van der Waals surface area (Å²) in [4.78, 5) is 11.8. The summed E-state index contributed by atoms with van der Waals surface area (Å²) in [6.07, 6.45) is 3.40. The fourth-order valence-electron chi connectivity index (χ4n) is 2.23. The summed E-state index contributed by atoms with van der Waals surface area (Å²) in [7, 11) is 0. The summed E-state index contributed by atoms with van der Waals surface area (Å²) in [5.74, 6) is -0.0794. The van der Waals surface area contributed by atoms with E-state index < -0.39 is 0 Å². The van der Waals surface area contributed by atoms with Crippen molar-refractivity contribution in [1.29, 1.82) is 0 Å². The number of carbonyl (C=O) groups is 1. The second-order valence-electron chi connectivity index (χ2n) is 5.07. The maximum absolute atomic E-state index is 11.8. The smallest absolute Gasteiger partial charge is 0.251 e. The number of benzene rings is 1. The van der Waals surface area contributed by atoms with Crippen LogP contribution in [0.1, 0.15) is 36.5 Å². The highest BCUT2D eigenvalue weighted by Gasteiger charge is 2.15. The number of ether oxygens (including phenoxy) is 1. The third kappa shape index (κ3) is 3.87. The average molecular weight is 277 g/mol. The van der Waals surface area contributed by atoms with Gasteiger partial charge in [-0.05, 0) is 37.5 Å². The molecule has 5 heteroatoms. The van der Waals surface area contributed by atoms with Gasteiger partial charge in [0.05, 0.1) is 17.5 Å². The number of nitrogens with one attached hydrogen (secondary N) is 2. The maximum atomic E-state index is 11.8. The number of nitrogen functional groups attached to an aromatic ring is 1. The third-order valence-corrected chi connectivity index (χ3v) is 3.39. The van der Waals surface area contributed by atoms with Crippen molar-refractivity contribution in [1.82, 2.24) is 5.32 Å². The molecular formula is C15H23N3O2. The Bertz CT molecular complexity index is 456. The van der Waals surface area contributed by atoms with Crippen molar-refractivity contribution in [2.75, 3.05) is 30.7 Å². The molecule has 1 unspecified atom stereocenters. The molecule has 5 nitrogen and oxygen atoms in total. The molecule has 0 saturated carbocycles. The van der Waals surface area contributed by atoms with Crippen molar-refractivity contribution in [2.45, 2.75) is 32.3 Å². The average Bonchev–Trinajstić information content (AvgIpc) is 2.96. The normalized spacial score (nSPS) is 17.9. The first kappa shape index (κ1) is 14.7. The van der Waals surface area contributed by atoms with E-state index in [2.05, 4.69) is 10.6 Å². The number of hydrogen-bond acceptors (Lipinski definition) is 4. The van der Waals surface area contributed by atoms with Gasteiger partial charge in [0.25, 0.3) is 5.91 Å². The highest BCUT2D eigenvalue weighted by Crippen LogP contribution is 2.21. The summed E-state index contributed by atoms with van der Waals surface area (Å²) in [6.45, 7) is 4.30. The Balaban J connectivity index is 1.92. The lowest BCUT2D eigenvalue weighted by atomic mass is 10.1. The highest BCUT2D eigenvalue weighted by atomic mass is 16.5. The van der Waals surface area contributed by atoms with Gasteiger partial charge in [-0.25, -0.2) is 0 Å². The van der Waals surface area contributed by atoms with E-state index in [4.69, 9.17) is 10.5 Å². The number of anilines is 2. The molecule has 1 aliphatic heterocycles. The van der Waals surface area contributed by atoms with Crippen LogP contribution in [0.25, 0.3) is 0 Å². The van der Waals surface area contributed by atoms with Crippen LogP contribution < -0.4 is 16.4 Å². The lowest BCUT2D eigenvalue weighted by molar-refractivity contribution is 0.0953. The standard InChI is InChI=1S/C15H23N3O2/c1-2-7-17-15(19)11-5-6-14(13(16)9-11)18-10-12-4-3-8-20-12/h5-6,9,12,18H,2-4,7-8,10,16H2,1H3,(H,17,19). The Morgan fingerprint density at radius 2 is 2.35 bits per heavy atom. The first-order valence-corrected chi connectivity index (χ1v) is 7.24. The minimum atomic E-state index is -0.0794. The van der Waals surface area contributed by atoms with Crippen LogP contribution >= 0.6 is 0 Å². The molecule has 2 rings (SSSR count). The monoisotopic (exact) mass is 277 g/mol. The Morgan fingerprint density at radius 3 is 3.00 bits per heavy atom. The van der Waals surface area contributed by atoms with Gasteiger partial charge in [-0.3, -0.25) is 4.79 Å². The predicted molar refractivity (Wildman–Crippen MR) is 80.9 cm³/mol. The van der Waals surface area contributed by atoms with Crippen molar-refractivity contribution in [3.63, 3.8) is 0 Å². The SMILES string of the molecule is CCCNC(=O)c1ccc(NCC2CCCO2)c(N)c1. The fourth-order valence-corrected chi connectivity index (χ4v) is 2.23. The molecule has 0 aliphatic carbocycles. The molecule has 1 saturated heterocycles. The van der Waals surface area contributed by atoms with E-state index >= 15 is 0 Å². The van der Waals surface area contributed by atoms with Gasteiger partial charge in [0.2, 0.25) is 0 Å². The number of rotatable bonds is 6. The number of hydrogen-bond donors (Lipinski definition) is 3. The number of nitrogens with two attached hydrogens (primary N) is 1. The zero-order valence-electron chi connectivity index (χ0n) is 11.9. The van der Waals surface area contributed by atoms with Crippen LogP contribution in [0.5, 0.6) is 0 Å². The molecule has 0 radical (unpaired) electrons. The van der Waals surface area contributed by atoms with Gasteiger partial charge in [0, 0.05) is 25.3 Å². The molecule has 0 aromatic heterocycles. The summed E-state index contributed by atoms with van der Waals surface area (Å²) >= 11 is 0. The molecule has 110 valence electrons. The van der Waals surface area contributed by atoms with E-state index in [-0.39, 0.29) is 12.0 Å². The number of amides is 1. The van der Waals surface area contributed by atoms with Gasteiger partial charge in [0.1, 0.15) is 0 Å². The van der Waals surface area contributed by atoms with E-state index in [0.29, 0.717) is 17.8 Å². The minimum Gasteiger partial charge on any atom is -0.397 e. The van der Waals surface area contributed by atoms with E-state index in [1.54, 1.807) is 12.1 Å². The predicted octanol–water partition coefficient (Wildman–Crippen LogP) is 2.00. The minimum absolute atomic E-state index is 0.0794. The van der Waals surface area contributed by atoms with E-state index in [9.17, 15) is 4.79 Å². The van der Waals surface area contributed by atoms with Gasteiger partial charge in [0.15, 0.2) is 0 Å². The Hall–Kier alpha value is -1.75. The van der Waals surface area contributed by atoms with Crippen LogP contribution in [0.15, 0.2) is 18.2 Å². The third-order valence-electron chi connectivity index (χ3n) is 3.39. The second kappa shape index (κ2) is 7.14. The fraction of sp³-hybridized carbons (Fsp3) is 0.533. The number of carbonyl (C=O) groups excluding carboxylic acids is 1. The van der Waals surface area contributed by atoms with Gasteiger partial charge in [-0.1, -0.05) is 6.92 Å².